The van der Waals surface area contributed by atoms with Crippen LogP contribution in [0.2, 0.25) is 0 Å². The molecule has 19 heavy (non-hydrogen) atoms. The van der Waals surface area contributed by atoms with Crippen molar-refractivity contribution in [3.05, 3.63) is 29.3 Å². The monoisotopic (exact) mass is 282 g/mol. The van der Waals surface area contributed by atoms with Crippen LogP contribution in [-0.2, 0) is 10.0 Å². The first-order chi connectivity index (χ1) is 8.99. The summed E-state index contributed by atoms with van der Waals surface area (Å²) < 4.78 is 27.1. The highest BCUT2D eigenvalue weighted by atomic mass is 32.2. The second-order valence-electron chi connectivity index (χ2n) is 5.31. The van der Waals surface area contributed by atoms with Gasteiger partial charge in [-0.05, 0) is 57.3 Å². The first kappa shape index (κ1) is 14.5. The van der Waals surface area contributed by atoms with Crippen molar-refractivity contribution in [3.63, 3.8) is 0 Å². The minimum atomic E-state index is -3.37. The fourth-order valence-electron chi connectivity index (χ4n) is 2.54. The van der Waals surface area contributed by atoms with E-state index in [-0.39, 0.29) is 0 Å². The smallest absolute Gasteiger partial charge is 0.240 e. The van der Waals surface area contributed by atoms with Crippen molar-refractivity contribution in [1.29, 1.82) is 0 Å². The topological polar surface area (TPSA) is 58.2 Å². The lowest BCUT2D eigenvalue weighted by molar-refractivity contribution is 0.519. The molecule has 0 bridgehead atoms. The second-order valence-corrected chi connectivity index (χ2v) is 7.05. The van der Waals surface area contributed by atoms with E-state index in [0.717, 1.165) is 37.1 Å². The molecule has 0 spiro atoms. The van der Waals surface area contributed by atoms with Gasteiger partial charge in [-0.1, -0.05) is 17.7 Å². The van der Waals surface area contributed by atoms with Gasteiger partial charge in [-0.15, -0.1) is 0 Å². The molecule has 2 rings (SSSR count). The lowest BCUT2D eigenvalue weighted by Crippen LogP contribution is -2.27. The average Bonchev–Trinajstić information content (AvgIpc) is 2.81. The summed E-state index contributed by atoms with van der Waals surface area (Å²) in [5, 5.41) is 3.29. The molecule has 0 aliphatic carbocycles. The van der Waals surface area contributed by atoms with Crippen LogP contribution in [0.4, 0.5) is 0 Å². The summed E-state index contributed by atoms with van der Waals surface area (Å²) in [5.41, 5.74) is 1.88. The van der Waals surface area contributed by atoms with Crippen LogP contribution < -0.4 is 10.0 Å². The molecular weight excluding hydrogens is 260 g/mol. The summed E-state index contributed by atoms with van der Waals surface area (Å²) in [6.45, 7) is 6.37. The second kappa shape index (κ2) is 6.03. The van der Waals surface area contributed by atoms with Gasteiger partial charge in [0.05, 0.1) is 4.90 Å². The Balaban J connectivity index is 1.97. The van der Waals surface area contributed by atoms with E-state index in [1.807, 2.05) is 26.0 Å². The summed E-state index contributed by atoms with van der Waals surface area (Å²) in [6.07, 6.45) is 2.04. The number of aryl methyl sites for hydroxylation is 2. The first-order valence-electron chi connectivity index (χ1n) is 6.77. The number of sulfonamides is 1. The van der Waals surface area contributed by atoms with E-state index in [9.17, 15) is 8.42 Å². The highest BCUT2D eigenvalue weighted by molar-refractivity contribution is 7.89. The molecule has 1 atom stereocenters. The van der Waals surface area contributed by atoms with Crippen LogP contribution in [0.3, 0.4) is 0 Å². The Labute approximate surface area is 115 Å². The lowest BCUT2D eigenvalue weighted by Gasteiger charge is -2.12. The molecule has 1 saturated heterocycles. The Bertz CT molecular complexity index is 534. The minimum absolute atomic E-state index is 0.391. The SMILES string of the molecule is Cc1ccc(S(=O)(=O)NCCC2CCNC2)c(C)c1. The van der Waals surface area contributed by atoms with E-state index in [4.69, 9.17) is 0 Å². The molecule has 1 fully saturated rings. The number of rotatable bonds is 5. The molecule has 1 heterocycles. The van der Waals surface area contributed by atoms with E-state index >= 15 is 0 Å². The van der Waals surface area contributed by atoms with Gasteiger partial charge in [-0.3, -0.25) is 0 Å². The van der Waals surface area contributed by atoms with Crippen LogP contribution in [0, 0.1) is 19.8 Å². The maximum atomic E-state index is 12.2. The van der Waals surface area contributed by atoms with Gasteiger partial charge in [0.15, 0.2) is 0 Å². The Morgan fingerprint density at radius 3 is 2.79 bits per heavy atom. The predicted molar refractivity (Wildman–Crippen MR) is 76.7 cm³/mol. The van der Waals surface area contributed by atoms with Crippen molar-refractivity contribution in [2.45, 2.75) is 31.6 Å². The fraction of sp³-hybridized carbons (Fsp3) is 0.571. The molecule has 0 aromatic heterocycles. The fourth-order valence-corrected chi connectivity index (χ4v) is 3.81. The highest BCUT2D eigenvalue weighted by Crippen LogP contribution is 2.17. The highest BCUT2D eigenvalue weighted by Gasteiger charge is 2.18. The summed E-state index contributed by atoms with van der Waals surface area (Å²) in [5.74, 6) is 0.599. The summed E-state index contributed by atoms with van der Waals surface area (Å²) >= 11 is 0. The van der Waals surface area contributed by atoms with Gasteiger partial charge < -0.3 is 5.32 Å². The maximum Gasteiger partial charge on any atom is 0.240 e. The van der Waals surface area contributed by atoms with Gasteiger partial charge in [0, 0.05) is 6.54 Å². The molecule has 0 amide bonds. The van der Waals surface area contributed by atoms with E-state index in [2.05, 4.69) is 10.0 Å². The summed E-state index contributed by atoms with van der Waals surface area (Å²) in [6, 6.07) is 5.42. The largest absolute Gasteiger partial charge is 0.316 e. The number of hydrogen-bond acceptors (Lipinski definition) is 3. The number of hydrogen-bond donors (Lipinski definition) is 2. The van der Waals surface area contributed by atoms with Gasteiger partial charge in [-0.25, -0.2) is 13.1 Å². The molecule has 4 nitrogen and oxygen atoms in total. The number of nitrogens with one attached hydrogen (secondary N) is 2. The maximum absolute atomic E-state index is 12.2. The van der Waals surface area contributed by atoms with Crippen LogP contribution in [0.1, 0.15) is 24.0 Å². The molecule has 1 aliphatic heterocycles. The first-order valence-corrected chi connectivity index (χ1v) is 8.25. The number of benzene rings is 1. The molecule has 106 valence electrons. The van der Waals surface area contributed by atoms with Gasteiger partial charge >= 0.3 is 0 Å². The van der Waals surface area contributed by atoms with Crippen LogP contribution in [-0.4, -0.2) is 28.1 Å². The third-order valence-corrected chi connectivity index (χ3v) is 5.25. The van der Waals surface area contributed by atoms with Crippen LogP contribution in [0.15, 0.2) is 23.1 Å². The summed E-state index contributed by atoms with van der Waals surface area (Å²) in [4.78, 5) is 0.391. The lowest BCUT2D eigenvalue weighted by atomic mass is 10.1. The van der Waals surface area contributed by atoms with Gasteiger partial charge in [-0.2, -0.15) is 0 Å². The van der Waals surface area contributed by atoms with E-state index in [1.54, 1.807) is 6.07 Å². The van der Waals surface area contributed by atoms with Crippen molar-refractivity contribution in [1.82, 2.24) is 10.0 Å². The van der Waals surface area contributed by atoms with Crippen molar-refractivity contribution < 1.29 is 8.42 Å². The quantitative estimate of drug-likeness (QED) is 0.862. The van der Waals surface area contributed by atoms with E-state index in [0.29, 0.717) is 17.4 Å². The standard InChI is InChI=1S/C14H22N2O2S/c1-11-3-4-14(12(2)9-11)19(17,18)16-8-6-13-5-7-15-10-13/h3-4,9,13,15-16H,5-8,10H2,1-2H3. The van der Waals surface area contributed by atoms with Crippen molar-refractivity contribution in [2.75, 3.05) is 19.6 Å². The zero-order valence-corrected chi connectivity index (χ0v) is 12.4. The molecule has 0 saturated carbocycles. The minimum Gasteiger partial charge on any atom is -0.316 e. The van der Waals surface area contributed by atoms with Crippen molar-refractivity contribution in [3.8, 4) is 0 Å². The molecule has 1 unspecified atom stereocenters. The van der Waals surface area contributed by atoms with Gasteiger partial charge in [0.1, 0.15) is 0 Å². The van der Waals surface area contributed by atoms with Crippen molar-refractivity contribution in [2.24, 2.45) is 5.92 Å². The average molecular weight is 282 g/mol. The van der Waals surface area contributed by atoms with Crippen LogP contribution in [0.25, 0.3) is 0 Å². The normalized spacial score (nSPS) is 19.8. The van der Waals surface area contributed by atoms with E-state index < -0.39 is 10.0 Å². The van der Waals surface area contributed by atoms with Crippen molar-refractivity contribution >= 4 is 10.0 Å². The van der Waals surface area contributed by atoms with Crippen LogP contribution >= 0.6 is 0 Å². The third kappa shape index (κ3) is 3.78. The predicted octanol–water partition coefficient (Wildman–Crippen LogP) is 1.58. The Hall–Kier alpha value is -0.910. The molecule has 1 aromatic rings. The summed E-state index contributed by atoms with van der Waals surface area (Å²) in [7, 11) is -3.37. The molecule has 1 aliphatic rings. The Kier molecular flexibility index (Phi) is 4.60. The zero-order chi connectivity index (χ0) is 13.9. The molecule has 2 N–H and O–H groups in total. The molecular formula is C14H22N2O2S. The molecule has 0 radical (unpaired) electrons. The van der Waals surface area contributed by atoms with Gasteiger partial charge in [0.25, 0.3) is 0 Å². The zero-order valence-electron chi connectivity index (χ0n) is 11.6. The van der Waals surface area contributed by atoms with Crippen LogP contribution in [0.5, 0.6) is 0 Å². The third-order valence-electron chi connectivity index (χ3n) is 3.63. The molecule has 1 aromatic carbocycles. The van der Waals surface area contributed by atoms with Gasteiger partial charge in [0.2, 0.25) is 10.0 Å². The molecule has 5 heteroatoms. The Morgan fingerprint density at radius 1 is 1.37 bits per heavy atom. The Morgan fingerprint density at radius 2 is 2.16 bits per heavy atom. The van der Waals surface area contributed by atoms with E-state index in [1.165, 1.54) is 0 Å².